The molecule has 1 saturated carbocycles. The van der Waals surface area contributed by atoms with Gasteiger partial charge in [-0.3, -0.25) is 0 Å². The highest BCUT2D eigenvalue weighted by Gasteiger charge is 2.42. The van der Waals surface area contributed by atoms with E-state index in [4.69, 9.17) is 15.2 Å². The Kier molecular flexibility index (Phi) is 2.58. The van der Waals surface area contributed by atoms with Crippen molar-refractivity contribution in [3.05, 3.63) is 0 Å². The number of ether oxygens (including phenoxy) is 2. The van der Waals surface area contributed by atoms with Crippen LogP contribution in [-0.2, 0) is 9.47 Å². The second kappa shape index (κ2) is 3.56. The van der Waals surface area contributed by atoms with Crippen molar-refractivity contribution in [2.24, 2.45) is 11.7 Å². The zero-order chi connectivity index (χ0) is 9.31. The second-order valence-corrected chi connectivity index (χ2v) is 4.38. The summed E-state index contributed by atoms with van der Waals surface area (Å²) in [5.74, 6) is 0.575. The van der Waals surface area contributed by atoms with Crippen LogP contribution in [0, 0.1) is 5.92 Å². The quantitative estimate of drug-likeness (QED) is 0.669. The van der Waals surface area contributed by atoms with Gasteiger partial charge in [-0.05, 0) is 18.8 Å². The van der Waals surface area contributed by atoms with Gasteiger partial charge in [0.2, 0.25) is 0 Å². The minimum atomic E-state index is -0.253. The van der Waals surface area contributed by atoms with Crippen LogP contribution in [0.4, 0.5) is 0 Å². The molecule has 1 aliphatic carbocycles. The molecule has 0 aromatic rings. The van der Waals surface area contributed by atoms with Crippen molar-refractivity contribution in [1.29, 1.82) is 0 Å². The fourth-order valence-corrected chi connectivity index (χ4v) is 2.20. The van der Waals surface area contributed by atoms with Gasteiger partial charge >= 0.3 is 0 Å². The molecule has 1 spiro atoms. The van der Waals surface area contributed by atoms with E-state index < -0.39 is 0 Å². The van der Waals surface area contributed by atoms with E-state index in [1.54, 1.807) is 0 Å². The maximum Gasteiger partial charge on any atom is 0.168 e. The summed E-state index contributed by atoms with van der Waals surface area (Å²) in [6, 6.07) is 0. The van der Waals surface area contributed by atoms with Crippen molar-refractivity contribution in [1.82, 2.24) is 0 Å². The summed E-state index contributed by atoms with van der Waals surface area (Å²) in [6.07, 6.45) is 4.66. The zero-order valence-corrected chi connectivity index (χ0v) is 8.29. The monoisotopic (exact) mass is 185 g/mol. The van der Waals surface area contributed by atoms with E-state index >= 15 is 0 Å². The van der Waals surface area contributed by atoms with Crippen molar-refractivity contribution < 1.29 is 9.47 Å². The summed E-state index contributed by atoms with van der Waals surface area (Å²) in [4.78, 5) is 0. The largest absolute Gasteiger partial charge is 0.347 e. The summed E-state index contributed by atoms with van der Waals surface area (Å²) in [5, 5.41) is 0. The van der Waals surface area contributed by atoms with Crippen LogP contribution in [0.1, 0.15) is 32.6 Å². The lowest BCUT2D eigenvalue weighted by atomic mass is 9.86. The van der Waals surface area contributed by atoms with Gasteiger partial charge in [-0.2, -0.15) is 0 Å². The number of rotatable bonds is 1. The third kappa shape index (κ3) is 1.87. The van der Waals surface area contributed by atoms with Crippen LogP contribution < -0.4 is 5.73 Å². The van der Waals surface area contributed by atoms with Crippen LogP contribution >= 0.6 is 0 Å². The van der Waals surface area contributed by atoms with Gasteiger partial charge in [0, 0.05) is 19.4 Å². The highest BCUT2D eigenvalue weighted by atomic mass is 16.7. The normalized spacial score (nSPS) is 45.7. The Balaban J connectivity index is 1.92. The molecule has 3 heteroatoms. The maximum atomic E-state index is 5.84. The molecule has 2 fully saturated rings. The summed E-state index contributed by atoms with van der Waals surface area (Å²) in [6.45, 7) is 3.56. The molecule has 0 aromatic heterocycles. The van der Waals surface area contributed by atoms with Gasteiger partial charge < -0.3 is 15.2 Å². The summed E-state index contributed by atoms with van der Waals surface area (Å²) >= 11 is 0. The fourth-order valence-electron chi connectivity index (χ4n) is 2.20. The summed E-state index contributed by atoms with van der Waals surface area (Å²) < 4.78 is 11.6. The smallest absolute Gasteiger partial charge is 0.168 e. The minimum absolute atomic E-state index is 0.133. The molecule has 0 amide bonds. The van der Waals surface area contributed by atoms with Gasteiger partial charge in [0.05, 0.1) is 12.7 Å². The Morgan fingerprint density at radius 1 is 1.38 bits per heavy atom. The van der Waals surface area contributed by atoms with Gasteiger partial charge in [0.15, 0.2) is 5.79 Å². The average Bonchev–Trinajstić information content (AvgIpc) is 2.55. The van der Waals surface area contributed by atoms with Crippen LogP contribution in [-0.4, -0.2) is 25.0 Å². The van der Waals surface area contributed by atoms with E-state index in [0.717, 1.165) is 18.8 Å². The third-order valence-corrected chi connectivity index (χ3v) is 3.21. The second-order valence-electron chi connectivity index (χ2n) is 4.38. The first-order valence-corrected chi connectivity index (χ1v) is 5.26. The molecule has 2 aliphatic rings. The van der Waals surface area contributed by atoms with E-state index in [-0.39, 0.29) is 11.9 Å². The first-order valence-electron chi connectivity index (χ1n) is 5.26. The molecule has 1 atom stereocenters. The number of nitrogens with two attached hydrogens (primary N) is 1. The molecule has 1 heterocycles. The number of hydrogen-bond acceptors (Lipinski definition) is 3. The lowest BCUT2D eigenvalue weighted by Crippen LogP contribution is -2.36. The lowest BCUT2D eigenvalue weighted by molar-refractivity contribution is -0.190. The van der Waals surface area contributed by atoms with E-state index in [0.29, 0.717) is 13.2 Å². The summed E-state index contributed by atoms with van der Waals surface area (Å²) in [5.41, 5.74) is 5.55. The van der Waals surface area contributed by atoms with Crippen molar-refractivity contribution >= 4 is 0 Å². The van der Waals surface area contributed by atoms with Crippen molar-refractivity contribution in [3.8, 4) is 0 Å². The van der Waals surface area contributed by atoms with Crippen LogP contribution in [0.3, 0.4) is 0 Å². The molecule has 0 bridgehead atoms. The molecule has 0 unspecified atom stereocenters. The topological polar surface area (TPSA) is 44.5 Å². The first-order chi connectivity index (χ1) is 6.24. The number of hydrogen-bond donors (Lipinski definition) is 1. The predicted octanol–water partition coefficient (Wildman–Crippen LogP) is 1.27. The van der Waals surface area contributed by atoms with Gasteiger partial charge in [-0.1, -0.05) is 6.92 Å². The highest BCUT2D eigenvalue weighted by Crippen LogP contribution is 2.39. The van der Waals surface area contributed by atoms with E-state index in [9.17, 15) is 0 Å². The van der Waals surface area contributed by atoms with Gasteiger partial charge in [-0.25, -0.2) is 0 Å². The van der Waals surface area contributed by atoms with Crippen LogP contribution in [0.25, 0.3) is 0 Å². The van der Waals surface area contributed by atoms with E-state index in [2.05, 4.69) is 6.92 Å². The van der Waals surface area contributed by atoms with Crippen LogP contribution in [0.15, 0.2) is 0 Å². The SMILES string of the molecule is CC1CCC2(CC1)OC[C@@H](CN)O2. The van der Waals surface area contributed by atoms with Crippen molar-refractivity contribution in [2.45, 2.75) is 44.5 Å². The third-order valence-electron chi connectivity index (χ3n) is 3.21. The Bertz CT molecular complexity index is 176. The van der Waals surface area contributed by atoms with Gasteiger partial charge in [0.1, 0.15) is 0 Å². The van der Waals surface area contributed by atoms with Crippen LogP contribution in [0.5, 0.6) is 0 Å². The molecule has 0 radical (unpaired) electrons. The van der Waals surface area contributed by atoms with E-state index in [1.165, 1.54) is 12.8 Å². The minimum Gasteiger partial charge on any atom is -0.347 e. The van der Waals surface area contributed by atoms with Gasteiger partial charge in [0.25, 0.3) is 0 Å². The molecule has 2 rings (SSSR count). The van der Waals surface area contributed by atoms with E-state index in [1.807, 2.05) is 0 Å². The Morgan fingerprint density at radius 2 is 2.08 bits per heavy atom. The molecular formula is C10H19NO2. The molecule has 76 valence electrons. The Morgan fingerprint density at radius 3 is 2.62 bits per heavy atom. The Hall–Kier alpha value is -0.120. The molecule has 1 aliphatic heterocycles. The molecule has 2 N–H and O–H groups in total. The molecular weight excluding hydrogens is 166 g/mol. The van der Waals surface area contributed by atoms with Gasteiger partial charge in [-0.15, -0.1) is 0 Å². The molecule has 1 saturated heterocycles. The molecule has 13 heavy (non-hydrogen) atoms. The highest BCUT2D eigenvalue weighted by molar-refractivity contribution is 4.84. The summed E-state index contributed by atoms with van der Waals surface area (Å²) in [7, 11) is 0. The standard InChI is InChI=1S/C10H19NO2/c1-8-2-4-10(5-3-8)12-7-9(6-11)13-10/h8-9H,2-7,11H2,1H3/t8?,9-,10?/m1/s1. The lowest BCUT2D eigenvalue weighted by Gasteiger charge is -2.34. The van der Waals surface area contributed by atoms with Crippen LogP contribution in [0.2, 0.25) is 0 Å². The zero-order valence-electron chi connectivity index (χ0n) is 8.29. The van der Waals surface area contributed by atoms with Crippen molar-refractivity contribution in [3.63, 3.8) is 0 Å². The van der Waals surface area contributed by atoms with Crippen molar-refractivity contribution in [2.75, 3.05) is 13.2 Å². The molecule has 0 aromatic carbocycles. The average molecular weight is 185 g/mol. The molecule has 3 nitrogen and oxygen atoms in total. The maximum absolute atomic E-state index is 5.84. The first kappa shape index (κ1) is 9.44. The Labute approximate surface area is 79.6 Å². The predicted molar refractivity (Wildman–Crippen MR) is 50.2 cm³/mol. The fraction of sp³-hybridized carbons (Fsp3) is 1.00.